The maximum atomic E-state index is 5.06. The number of pyridine rings is 1. The Morgan fingerprint density at radius 1 is 0.250 bits per heavy atom. The largest absolute Gasteiger partial charge is 0.248 e. The molecule has 0 saturated heterocycles. The average molecular weight is 616 g/mol. The molecule has 0 saturated carbocycles. The fourth-order valence-corrected chi connectivity index (χ4v) is 7.54. The normalized spacial score (nSPS) is 24.6. The van der Waals surface area contributed by atoms with Crippen LogP contribution in [0.1, 0.15) is 68.9 Å². The number of nitrogens with zero attached hydrogens (tertiary/aromatic N) is 1. The van der Waals surface area contributed by atoms with E-state index < -0.39 is 0 Å². The fraction of sp³-hybridized carbons (Fsp3) is 0.128. The number of benzene rings is 4. The van der Waals surface area contributed by atoms with Crippen molar-refractivity contribution in [2.75, 3.05) is 0 Å². The van der Waals surface area contributed by atoms with E-state index in [1.807, 2.05) is 0 Å². The van der Waals surface area contributed by atoms with Crippen LogP contribution < -0.4 is 0 Å². The molecule has 1 nitrogen and oxygen atoms in total. The van der Waals surface area contributed by atoms with Gasteiger partial charge in [-0.15, -0.1) is 0 Å². The first kappa shape index (κ1) is 28.7. The van der Waals surface area contributed by atoms with Gasteiger partial charge in [-0.3, -0.25) is 0 Å². The predicted octanol–water partition coefficient (Wildman–Crippen LogP) is 11.7. The van der Waals surface area contributed by atoms with Gasteiger partial charge in [0.2, 0.25) is 0 Å². The van der Waals surface area contributed by atoms with Gasteiger partial charge >= 0.3 is 0 Å². The third-order valence-electron chi connectivity index (χ3n) is 10.5. The van der Waals surface area contributed by atoms with E-state index >= 15 is 0 Å². The summed E-state index contributed by atoms with van der Waals surface area (Å²) in [5.41, 5.74) is 12.2. The molecular formula is C47H37N. The van der Waals surface area contributed by atoms with Crippen molar-refractivity contribution in [1.82, 2.24) is 4.98 Å². The molecule has 1 aromatic heterocycles. The fourth-order valence-electron chi connectivity index (χ4n) is 7.54. The zero-order valence-electron chi connectivity index (χ0n) is 26.8. The molecular weight excluding hydrogens is 579 g/mol. The molecule has 0 amide bonds. The standard InChI is InChI=1S/C47H37N/c1-2-46-44-28-24-42(25-29-44)40-20-16-38(17-21-40)36-12-8-34(9-13-36)32-4-6-33(7-5-32)35-10-14-37(15-11-35)39-18-22-41(23-19-39)43-26-30-45(31-27-43)47(3-1)48-46/h1-33,38-41H. The lowest BCUT2D eigenvalue weighted by molar-refractivity contribution is 0.945. The van der Waals surface area contributed by atoms with E-state index in [9.17, 15) is 0 Å². The summed E-state index contributed by atoms with van der Waals surface area (Å²) < 4.78 is 0. The van der Waals surface area contributed by atoms with Crippen LogP contribution in [0.4, 0.5) is 0 Å². The molecule has 0 fully saturated rings. The Kier molecular flexibility index (Phi) is 7.32. The molecule has 0 unspecified atom stereocenters. The van der Waals surface area contributed by atoms with Crippen LogP contribution in [-0.4, -0.2) is 4.98 Å². The Morgan fingerprint density at radius 3 is 0.688 bits per heavy atom. The minimum absolute atomic E-state index is 0.276. The lowest BCUT2D eigenvalue weighted by Gasteiger charge is -2.21. The summed E-state index contributed by atoms with van der Waals surface area (Å²) in [7, 11) is 0. The Balaban J connectivity index is 1.04. The van der Waals surface area contributed by atoms with Gasteiger partial charge in [0.05, 0.1) is 11.4 Å². The zero-order valence-corrected chi connectivity index (χ0v) is 26.8. The number of allylic oxidation sites excluding steroid dienone is 12. The van der Waals surface area contributed by atoms with E-state index in [4.69, 9.17) is 4.98 Å². The second kappa shape index (κ2) is 12.2. The Labute approximate surface area is 283 Å². The van der Waals surface area contributed by atoms with Crippen molar-refractivity contribution in [2.24, 2.45) is 0 Å². The van der Waals surface area contributed by atoms with Crippen molar-refractivity contribution in [3.05, 3.63) is 222 Å². The molecule has 230 valence electrons. The first-order chi connectivity index (χ1) is 23.7. The predicted molar refractivity (Wildman–Crippen MR) is 199 cm³/mol. The van der Waals surface area contributed by atoms with Gasteiger partial charge in [0.1, 0.15) is 0 Å². The zero-order chi connectivity index (χ0) is 31.9. The van der Waals surface area contributed by atoms with Crippen LogP contribution in [0.3, 0.4) is 0 Å². The molecule has 21 aliphatic rings. The number of hydrogen-bond donors (Lipinski definition) is 0. The minimum atomic E-state index is 0.276. The summed E-state index contributed by atoms with van der Waals surface area (Å²) in [5.74, 6) is 1.76. The SMILES string of the molecule is C1=CC2C=CC1c1ccc(cc1)-c1cccc(n1)-c1ccc(cc1)C1C=CC(C=C1)c1ccc(cc1)C1C=CC(C=C1)c1ccc2cc1. The summed E-state index contributed by atoms with van der Waals surface area (Å²) in [6.45, 7) is 0. The minimum Gasteiger partial charge on any atom is -0.248 e. The highest BCUT2D eigenvalue weighted by molar-refractivity contribution is 5.67. The molecule has 18 aliphatic heterocycles. The molecule has 4 aromatic carbocycles. The van der Waals surface area contributed by atoms with Crippen LogP contribution in [-0.2, 0) is 0 Å². The van der Waals surface area contributed by atoms with Crippen LogP contribution in [0.25, 0.3) is 22.5 Å². The molecule has 0 atom stereocenters. The Morgan fingerprint density at radius 2 is 0.458 bits per heavy atom. The van der Waals surface area contributed by atoms with E-state index in [1.54, 1.807) is 0 Å². The number of rotatable bonds is 0. The van der Waals surface area contributed by atoms with Crippen LogP contribution in [0.15, 0.2) is 188 Å². The first-order valence-electron chi connectivity index (χ1n) is 17.2. The molecule has 3 aliphatic carbocycles. The highest BCUT2D eigenvalue weighted by atomic mass is 14.7. The summed E-state index contributed by atoms with van der Waals surface area (Å²) in [4.78, 5) is 5.06. The molecule has 0 spiro atoms. The van der Waals surface area contributed by atoms with Crippen LogP contribution in [0.5, 0.6) is 0 Å². The second-order valence-electron chi connectivity index (χ2n) is 13.4. The van der Waals surface area contributed by atoms with Crippen molar-refractivity contribution >= 4 is 0 Å². The summed E-state index contributed by atoms with van der Waals surface area (Å²) >= 11 is 0. The molecule has 48 heavy (non-hydrogen) atoms. The van der Waals surface area contributed by atoms with E-state index in [-0.39, 0.29) is 11.8 Å². The van der Waals surface area contributed by atoms with Crippen LogP contribution in [0.2, 0.25) is 0 Å². The summed E-state index contributed by atoms with van der Waals surface area (Å²) in [6.07, 6.45) is 28.2. The van der Waals surface area contributed by atoms with Gasteiger partial charge in [0.25, 0.3) is 0 Å². The quantitative estimate of drug-likeness (QED) is 0.158. The van der Waals surface area contributed by atoms with Crippen LogP contribution >= 0.6 is 0 Å². The molecule has 19 heterocycles. The Hall–Kier alpha value is -5.53. The van der Waals surface area contributed by atoms with Gasteiger partial charge in [-0.05, 0) is 45.5 Å². The van der Waals surface area contributed by atoms with Crippen molar-refractivity contribution in [1.29, 1.82) is 0 Å². The summed E-state index contributed by atoms with van der Waals surface area (Å²) in [5, 5.41) is 0. The van der Waals surface area contributed by atoms with E-state index in [1.165, 1.54) is 33.4 Å². The molecule has 0 N–H and O–H groups in total. The number of hydrogen-bond acceptors (Lipinski definition) is 1. The van der Waals surface area contributed by atoms with E-state index in [2.05, 4.69) is 188 Å². The first-order valence-corrected chi connectivity index (χ1v) is 17.2. The van der Waals surface area contributed by atoms with Gasteiger partial charge in [-0.25, -0.2) is 4.98 Å². The van der Waals surface area contributed by atoms with Crippen molar-refractivity contribution in [3.63, 3.8) is 0 Å². The van der Waals surface area contributed by atoms with Gasteiger partial charge in [0.15, 0.2) is 0 Å². The van der Waals surface area contributed by atoms with Gasteiger partial charge in [0, 0.05) is 46.6 Å². The molecule has 0 radical (unpaired) electrons. The van der Waals surface area contributed by atoms with Crippen LogP contribution in [0, 0.1) is 0 Å². The molecule has 16 bridgehead atoms. The molecule has 1 heteroatoms. The number of aromatic nitrogens is 1. The van der Waals surface area contributed by atoms with Crippen molar-refractivity contribution < 1.29 is 0 Å². The second-order valence-corrected chi connectivity index (χ2v) is 13.4. The summed E-state index contributed by atoms with van der Waals surface area (Å²) in [6, 6.07) is 42.5. The van der Waals surface area contributed by atoms with Gasteiger partial charge < -0.3 is 0 Å². The maximum absolute atomic E-state index is 5.06. The topological polar surface area (TPSA) is 12.9 Å². The lowest BCUT2D eigenvalue weighted by Crippen LogP contribution is -2.03. The smallest absolute Gasteiger partial charge is 0.0709 e. The lowest BCUT2D eigenvalue weighted by atomic mass is 9.84. The van der Waals surface area contributed by atoms with Gasteiger partial charge in [-0.2, -0.15) is 0 Å². The van der Waals surface area contributed by atoms with Crippen molar-refractivity contribution in [3.8, 4) is 22.5 Å². The average Bonchev–Trinajstić information content (AvgIpc) is 3.18. The van der Waals surface area contributed by atoms with Gasteiger partial charge in [-0.1, -0.05) is 176 Å². The van der Waals surface area contributed by atoms with Crippen molar-refractivity contribution in [2.45, 2.75) is 35.5 Å². The third kappa shape index (κ3) is 5.56. The Bertz CT molecular complexity index is 1930. The maximum Gasteiger partial charge on any atom is 0.0709 e. The molecule has 26 rings (SSSR count). The highest BCUT2D eigenvalue weighted by Gasteiger charge is 2.18. The monoisotopic (exact) mass is 615 g/mol. The third-order valence-corrected chi connectivity index (χ3v) is 10.5. The van der Waals surface area contributed by atoms with E-state index in [0.29, 0.717) is 23.7 Å². The molecule has 5 aromatic rings. The van der Waals surface area contributed by atoms with E-state index in [0.717, 1.165) is 22.5 Å². The highest BCUT2D eigenvalue weighted by Crippen LogP contribution is 2.36.